The summed E-state index contributed by atoms with van der Waals surface area (Å²) in [5.74, 6) is 0.356. The van der Waals surface area contributed by atoms with Crippen LogP contribution in [0.15, 0.2) is 29.6 Å². The van der Waals surface area contributed by atoms with Crippen LogP contribution in [0, 0.1) is 0 Å². The number of amides is 2. The molecule has 1 aliphatic rings. The molecule has 2 amide bonds. The zero-order chi connectivity index (χ0) is 16.2. The second-order valence-electron chi connectivity index (χ2n) is 5.23. The lowest BCUT2D eigenvalue weighted by molar-refractivity contribution is 0.102. The Morgan fingerprint density at radius 1 is 1.26 bits per heavy atom. The Morgan fingerprint density at radius 3 is 2.65 bits per heavy atom. The molecule has 1 fully saturated rings. The van der Waals surface area contributed by atoms with E-state index in [2.05, 4.69) is 15.6 Å². The van der Waals surface area contributed by atoms with E-state index in [9.17, 15) is 9.59 Å². The maximum Gasteiger partial charge on any atom is 0.411 e. The van der Waals surface area contributed by atoms with Gasteiger partial charge in [-0.3, -0.25) is 15.4 Å². The van der Waals surface area contributed by atoms with Crippen LogP contribution in [0.5, 0.6) is 0 Å². The van der Waals surface area contributed by atoms with Gasteiger partial charge in [-0.05, 0) is 44.0 Å². The Bertz CT molecular complexity index is 708. The maximum absolute atomic E-state index is 12.2. The van der Waals surface area contributed by atoms with Crippen molar-refractivity contribution in [2.75, 3.05) is 17.2 Å². The minimum atomic E-state index is -0.514. The van der Waals surface area contributed by atoms with Gasteiger partial charge < -0.3 is 4.74 Å². The zero-order valence-corrected chi connectivity index (χ0v) is 13.5. The largest absolute Gasteiger partial charge is 0.450 e. The molecule has 1 aliphatic carbocycles. The quantitative estimate of drug-likeness (QED) is 0.872. The molecule has 6 nitrogen and oxygen atoms in total. The number of aromatic nitrogens is 1. The molecule has 3 rings (SSSR count). The molecule has 1 aromatic carbocycles. The van der Waals surface area contributed by atoms with Crippen molar-refractivity contribution in [3.63, 3.8) is 0 Å². The average Bonchev–Trinajstić information content (AvgIpc) is 3.28. The highest BCUT2D eigenvalue weighted by Crippen LogP contribution is 2.40. The molecule has 2 aromatic rings. The summed E-state index contributed by atoms with van der Waals surface area (Å²) in [5, 5.41) is 7.99. The minimum absolute atomic E-state index is 0.218. The minimum Gasteiger partial charge on any atom is -0.450 e. The predicted molar refractivity (Wildman–Crippen MR) is 89.1 cm³/mol. The van der Waals surface area contributed by atoms with Crippen LogP contribution in [0.1, 0.15) is 41.7 Å². The predicted octanol–water partition coefficient (Wildman–Crippen LogP) is 3.84. The summed E-state index contributed by atoms with van der Waals surface area (Å²) in [6.07, 6.45) is 1.86. The number of carbonyl (C=O) groups excluding carboxylic acids is 2. The fourth-order valence-corrected chi connectivity index (χ4v) is 2.86. The number of nitrogens with one attached hydrogen (secondary N) is 2. The maximum atomic E-state index is 12.2. The summed E-state index contributed by atoms with van der Waals surface area (Å²) in [6.45, 7) is 2.04. The summed E-state index contributed by atoms with van der Waals surface area (Å²) in [6, 6.07) is 6.60. The number of carbonyl (C=O) groups is 2. The number of thiazole rings is 1. The molecular formula is C16H17N3O3S. The van der Waals surface area contributed by atoms with Gasteiger partial charge in [-0.25, -0.2) is 9.78 Å². The normalized spacial score (nSPS) is 13.4. The summed E-state index contributed by atoms with van der Waals surface area (Å²) in [4.78, 5) is 27.9. The standard InChI is InChI=1S/C16H17N3O3S/c1-2-22-16(21)17-12-7-5-11(6-8-12)14(20)19-15-18-13(9-23-15)10-3-4-10/h5-10H,2-4H2,1H3,(H,17,21)(H,18,19,20). The first-order chi connectivity index (χ1) is 11.2. The van der Waals surface area contributed by atoms with Gasteiger partial charge in [0.15, 0.2) is 5.13 Å². The highest BCUT2D eigenvalue weighted by atomic mass is 32.1. The van der Waals surface area contributed by atoms with Gasteiger partial charge in [0.1, 0.15) is 0 Å². The van der Waals surface area contributed by atoms with Crippen molar-refractivity contribution in [3.05, 3.63) is 40.9 Å². The number of anilines is 2. The third-order valence-electron chi connectivity index (χ3n) is 3.41. The van der Waals surface area contributed by atoms with Crippen LogP contribution in [0.2, 0.25) is 0 Å². The van der Waals surface area contributed by atoms with E-state index < -0.39 is 6.09 Å². The fourth-order valence-electron chi connectivity index (χ4n) is 2.07. The van der Waals surface area contributed by atoms with Gasteiger partial charge in [-0.2, -0.15) is 0 Å². The molecule has 1 aromatic heterocycles. The van der Waals surface area contributed by atoms with E-state index in [-0.39, 0.29) is 5.91 Å². The third-order valence-corrected chi connectivity index (χ3v) is 4.18. The van der Waals surface area contributed by atoms with E-state index >= 15 is 0 Å². The van der Waals surface area contributed by atoms with Crippen LogP contribution >= 0.6 is 11.3 Å². The van der Waals surface area contributed by atoms with E-state index in [1.807, 2.05) is 5.38 Å². The van der Waals surface area contributed by atoms with E-state index in [1.165, 1.54) is 24.2 Å². The van der Waals surface area contributed by atoms with Gasteiger partial charge in [0.2, 0.25) is 0 Å². The lowest BCUT2D eigenvalue weighted by atomic mass is 10.2. The van der Waals surface area contributed by atoms with Gasteiger partial charge in [0.25, 0.3) is 5.91 Å². The molecule has 0 aliphatic heterocycles. The molecular weight excluding hydrogens is 314 g/mol. The Balaban J connectivity index is 1.59. The van der Waals surface area contributed by atoms with E-state index in [0.717, 1.165) is 5.69 Å². The van der Waals surface area contributed by atoms with Crippen molar-refractivity contribution in [2.45, 2.75) is 25.7 Å². The molecule has 1 heterocycles. The second kappa shape index (κ2) is 6.78. The summed E-state index contributed by atoms with van der Waals surface area (Å²) < 4.78 is 4.79. The lowest BCUT2D eigenvalue weighted by Crippen LogP contribution is -2.14. The number of hydrogen-bond donors (Lipinski definition) is 2. The van der Waals surface area contributed by atoms with Gasteiger partial charge in [0, 0.05) is 22.5 Å². The van der Waals surface area contributed by atoms with Crippen molar-refractivity contribution in [3.8, 4) is 0 Å². The van der Waals surface area contributed by atoms with E-state index in [4.69, 9.17) is 4.74 Å². The first-order valence-electron chi connectivity index (χ1n) is 7.46. The average molecular weight is 331 g/mol. The third kappa shape index (κ3) is 4.07. The number of ether oxygens (including phenoxy) is 1. The molecule has 120 valence electrons. The molecule has 0 unspecified atom stereocenters. The molecule has 0 bridgehead atoms. The van der Waals surface area contributed by atoms with Crippen molar-refractivity contribution < 1.29 is 14.3 Å². The van der Waals surface area contributed by atoms with Crippen LogP contribution in [0.25, 0.3) is 0 Å². The fraction of sp³-hybridized carbons (Fsp3) is 0.312. The number of rotatable bonds is 5. The SMILES string of the molecule is CCOC(=O)Nc1ccc(C(=O)Nc2nc(C3CC3)cs2)cc1. The molecule has 23 heavy (non-hydrogen) atoms. The van der Waals surface area contributed by atoms with Gasteiger partial charge in [-0.1, -0.05) is 0 Å². The van der Waals surface area contributed by atoms with E-state index in [1.54, 1.807) is 31.2 Å². The Labute approximate surface area is 137 Å². The molecule has 0 atom stereocenters. The summed E-state index contributed by atoms with van der Waals surface area (Å²) >= 11 is 1.44. The molecule has 2 N–H and O–H groups in total. The van der Waals surface area contributed by atoms with Crippen molar-refractivity contribution in [1.82, 2.24) is 4.98 Å². The zero-order valence-electron chi connectivity index (χ0n) is 12.7. The molecule has 0 radical (unpaired) electrons. The number of hydrogen-bond acceptors (Lipinski definition) is 5. The monoisotopic (exact) mass is 331 g/mol. The molecule has 7 heteroatoms. The topological polar surface area (TPSA) is 80.3 Å². The lowest BCUT2D eigenvalue weighted by Gasteiger charge is -2.06. The van der Waals surface area contributed by atoms with Crippen molar-refractivity contribution in [2.24, 2.45) is 0 Å². The summed E-state index contributed by atoms with van der Waals surface area (Å²) in [5.41, 5.74) is 2.15. The van der Waals surface area contributed by atoms with Crippen LogP contribution in [-0.2, 0) is 4.74 Å². The van der Waals surface area contributed by atoms with Crippen LogP contribution in [0.4, 0.5) is 15.6 Å². The first kappa shape index (κ1) is 15.5. The molecule has 1 saturated carbocycles. The Hall–Kier alpha value is -2.41. The number of benzene rings is 1. The van der Waals surface area contributed by atoms with Gasteiger partial charge in [0.05, 0.1) is 12.3 Å². The van der Waals surface area contributed by atoms with Crippen LogP contribution in [0.3, 0.4) is 0 Å². The molecule has 0 saturated heterocycles. The second-order valence-corrected chi connectivity index (χ2v) is 6.09. The van der Waals surface area contributed by atoms with Crippen LogP contribution in [-0.4, -0.2) is 23.6 Å². The highest BCUT2D eigenvalue weighted by molar-refractivity contribution is 7.14. The number of nitrogens with zero attached hydrogens (tertiary/aromatic N) is 1. The van der Waals surface area contributed by atoms with E-state index in [0.29, 0.717) is 28.9 Å². The van der Waals surface area contributed by atoms with Crippen molar-refractivity contribution in [1.29, 1.82) is 0 Å². The summed E-state index contributed by atoms with van der Waals surface area (Å²) in [7, 11) is 0. The smallest absolute Gasteiger partial charge is 0.411 e. The molecule has 0 spiro atoms. The van der Waals surface area contributed by atoms with Crippen molar-refractivity contribution >= 4 is 34.2 Å². The Kier molecular flexibility index (Phi) is 4.57. The van der Waals surface area contributed by atoms with Gasteiger partial charge in [-0.15, -0.1) is 11.3 Å². The van der Waals surface area contributed by atoms with Gasteiger partial charge >= 0.3 is 6.09 Å². The van der Waals surface area contributed by atoms with Crippen LogP contribution < -0.4 is 10.6 Å². The Morgan fingerprint density at radius 2 is 2.00 bits per heavy atom. The first-order valence-corrected chi connectivity index (χ1v) is 8.34. The highest BCUT2D eigenvalue weighted by Gasteiger charge is 2.26.